The van der Waals surface area contributed by atoms with Gasteiger partial charge in [0.15, 0.2) is 0 Å². The Kier molecular flexibility index (Phi) is 6.80. The number of aryl methyl sites for hydroxylation is 1. The van der Waals surface area contributed by atoms with Gasteiger partial charge < -0.3 is 0 Å². The van der Waals surface area contributed by atoms with E-state index in [4.69, 9.17) is 0 Å². The van der Waals surface area contributed by atoms with E-state index >= 15 is 0 Å². The summed E-state index contributed by atoms with van der Waals surface area (Å²) in [5, 5.41) is 2.26. The van der Waals surface area contributed by atoms with Gasteiger partial charge in [-0.2, -0.15) is 0 Å². The Labute approximate surface area is 110 Å². The van der Waals surface area contributed by atoms with Crippen molar-refractivity contribution in [1.82, 2.24) is 0 Å². The molecule has 0 nitrogen and oxygen atoms in total. The lowest BCUT2D eigenvalue weighted by Crippen LogP contribution is -1.81. The van der Waals surface area contributed by atoms with Gasteiger partial charge in [-0.1, -0.05) is 62.2 Å². The van der Waals surface area contributed by atoms with Crippen LogP contribution in [0.1, 0.15) is 37.8 Å². The second-order valence-corrected chi connectivity index (χ2v) is 5.23. The molecular formula is C16H22S. The Hall–Kier alpha value is -0.950. The van der Waals surface area contributed by atoms with Crippen molar-refractivity contribution in [3.05, 3.63) is 53.0 Å². The lowest BCUT2D eigenvalue weighted by molar-refractivity contribution is 0.959. The van der Waals surface area contributed by atoms with E-state index in [1.807, 2.05) is 11.8 Å². The van der Waals surface area contributed by atoms with Crippen LogP contribution in [0.2, 0.25) is 0 Å². The van der Waals surface area contributed by atoms with Crippen molar-refractivity contribution in [1.29, 1.82) is 0 Å². The highest BCUT2D eigenvalue weighted by atomic mass is 32.2. The van der Waals surface area contributed by atoms with E-state index in [-0.39, 0.29) is 0 Å². The van der Waals surface area contributed by atoms with Crippen molar-refractivity contribution in [2.24, 2.45) is 0 Å². The van der Waals surface area contributed by atoms with Crippen LogP contribution in [0.25, 0.3) is 5.57 Å². The molecule has 1 aromatic carbocycles. The third-order valence-corrected chi connectivity index (χ3v) is 3.27. The highest BCUT2D eigenvalue weighted by molar-refractivity contribution is 8.02. The second-order valence-electron chi connectivity index (χ2n) is 4.09. The van der Waals surface area contributed by atoms with Crippen LogP contribution in [-0.2, 0) is 0 Å². The summed E-state index contributed by atoms with van der Waals surface area (Å²) in [5.74, 6) is 1.12. The molecule has 0 saturated carbocycles. The van der Waals surface area contributed by atoms with Crippen LogP contribution in [0.15, 0.2) is 41.8 Å². The van der Waals surface area contributed by atoms with E-state index in [1.165, 1.54) is 23.1 Å². The van der Waals surface area contributed by atoms with Gasteiger partial charge in [0.25, 0.3) is 0 Å². The Morgan fingerprint density at radius 3 is 2.47 bits per heavy atom. The molecular weight excluding hydrogens is 224 g/mol. The number of hydrogen-bond acceptors (Lipinski definition) is 1. The minimum atomic E-state index is 1.12. The number of benzene rings is 1. The van der Waals surface area contributed by atoms with Crippen LogP contribution in [-0.4, -0.2) is 5.75 Å². The molecule has 0 aliphatic carbocycles. The van der Waals surface area contributed by atoms with Crippen molar-refractivity contribution in [2.75, 3.05) is 5.75 Å². The van der Waals surface area contributed by atoms with E-state index in [0.29, 0.717) is 0 Å². The fourth-order valence-electron chi connectivity index (χ4n) is 1.50. The van der Waals surface area contributed by atoms with E-state index in [0.717, 1.165) is 12.2 Å². The molecule has 1 heteroatoms. The monoisotopic (exact) mass is 246 g/mol. The largest absolute Gasteiger partial charge is 0.134 e. The molecule has 17 heavy (non-hydrogen) atoms. The number of rotatable bonds is 6. The smallest absolute Gasteiger partial charge is 0.00542 e. The molecule has 0 amide bonds. The van der Waals surface area contributed by atoms with Gasteiger partial charge in [-0.05, 0) is 35.6 Å². The predicted octanol–water partition coefficient (Wildman–Crippen LogP) is 5.45. The topological polar surface area (TPSA) is 0 Å². The zero-order chi connectivity index (χ0) is 12.5. The zero-order valence-electron chi connectivity index (χ0n) is 11.1. The molecule has 0 spiro atoms. The molecule has 0 N–H and O–H groups in total. The van der Waals surface area contributed by atoms with Crippen molar-refractivity contribution in [2.45, 2.75) is 33.6 Å². The van der Waals surface area contributed by atoms with Crippen LogP contribution in [0, 0.1) is 6.92 Å². The van der Waals surface area contributed by atoms with E-state index in [9.17, 15) is 0 Å². The molecule has 1 rings (SSSR count). The first-order chi connectivity index (χ1) is 8.27. The van der Waals surface area contributed by atoms with Crippen molar-refractivity contribution >= 4 is 17.3 Å². The quantitative estimate of drug-likeness (QED) is 0.602. The van der Waals surface area contributed by atoms with E-state index in [1.54, 1.807) is 0 Å². The highest BCUT2D eigenvalue weighted by Gasteiger charge is 1.97. The van der Waals surface area contributed by atoms with Crippen LogP contribution in [0.4, 0.5) is 0 Å². The van der Waals surface area contributed by atoms with Gasteiger partial charge >= 0.3 is 0 Å². The number of thioether (sulfide) groups is 1. The van der Waals surface area contributed by atoms with E-state index < -0.39 is 0 Å². The van der Waals surface area contributed by atoms with Gasteiger partial charge in [0.2, 0.25) is 0 Å². The third-order valence-electron chi connectivity index (χ3n) is 2.51. The average molecular weight is 246 g/mol. The summed E-state index contributed by atoms with van der Waals surface area (Å²) < 4.78 is 0. The summed E-state index contributed by atoms with van der Waals surface area (Å²) in [4.78, 5) is 0. The molecule has 0 atom stereocenters. The molecule has 1 aromatic rings. The molecule has 92 valence electrons. The molecule has 0 fully saturated rings. The lowest BCUT2D eigenvalue weighted by atomic mass is 10.1. The summed E-state index contributed by atoms with van der Waals surface area (Å²) in [7, 11) is 0. The number of hydrogen-bond donors (Lipinski definition) is 0. The molecule has 0 aliphatic rings. The first-order valence-electron chi connectivity index (χ1n) is 6.33. The summed E-state index contributed by atoms with van der Waals surface area (Å²) in [5.41, 5.74) is 3.95. The maximum absolute atomic E-state index is 2.27. The first kappa shape index (κ1) is 14.1. The second kappa shape index (κ2) is 8.19. The fraction of sp³-hybridized carbons (Fsp3) is 0.375. The Bertz CT molecular complexity index is 371. The van der Waals surface area contributed by atoms with Crippen LogP contribution >= 0.6 is 11.8 Å². The molecule has 0 radical (unpaired) electrons. The minimum absolute atomic E-state index is 1.12. The molecule has 0 saturated heterocycles. The van der Waals surface area contributed by atoms with Crippen LogP contribution in [0.5, 0.6) is 0 Å². The maximum Gasteiger partial charge on any atom is -0.00542 e. The average Bonchev–Trinajstić information content (AvgIpc) is 2.35. The van der Waals surface area contributed by atoms with Crippen LogP contribution < -0.4 is 0 Å². The first-order valence-corrected chi connectivity index (χ1v) is 7.38. The summed E-state index contributed by atoms with van der Waals surface area (Å²) in [6, 6.07) is 8.75. The normalized spacial score (nSPS) is 12.3. The van der Waals surface area contributed by atoms with Gasteiger partial charge in [0.1, 0.15) is 0 Å². The lowest BCUT2D eigenvalue weighted by Gasteiger charge is -2.03. The van der Waals surface area contributed by atoms with Crippen LogP contribution in [0.3, 0.4) is 0 Å². The summed E-state index contributed by atoms with van der Waals surface area (Å²) >= 11 is 1.86. The Morgan fingerprint density at radius 1 is 1.18 bits per heavy atom. The number of allylic oxidation sites excluding steroid dienone is 3. The van der Waals surface area contributed by atoms with Gasteiger partial charge in [-0.25, -0.2) is 0 Å². The van der Waals surface area contributed by atoms with Crippen molar-refractivity contribution in [3.8, 4) is 0 Å². The van der Waals surface area contributed by atoms with Gasteiger partial charge in [-0.3, -0.25) is 0 Å². The summed E-state index contributed by atoms with van der Waals surface area (Å²) in [6.07, 6.45) is 6.87. The SMILES string of the molecule is CCC/C=C\C(=C/SCC)c1ccc(C)cc1. The number of unbranched alkanes of at least 4 members (excludes halogenated alkanes) is 1. The molecule has 0 heterocycles. The van der Waals surface area contributed by atoms with Gasteiger partial charge in [-0.15, -0.1) is 11.8 Å². The highest BCUT2D eigenvalue weighted by Crippen LogP contribution is 2.21. The maximum atomic E-state index is 2.27. The van der Waals surface area contributed by atoms with Gasteiger partial charge in [0, 0.05) is 0 Å². The Morgan fingerprint density at radius 2 is 1.88 bits per heavy atom. The van der Waals surface area contributed by atoms with Crippen molar-refractivity contribution < 1.29 is 0 Å². The molecule has 0 aliphatic heterocycles. The Balaban J connectivity index is 2.86. The summed E-state index contributed by atoms with van der Waals surface area (Å²) in [6.45, 7) is 6.52. The predicted molar refractivity (Wildman–Crippen MR) is 81.3 cm³/mol. The molecule has 0 unspecified atom stereocenters. The third kappa shape index (κ3) is 5.27. The standard InChI is InChI=1S/C16H22S/c1-4-6-7-8-16(13-17-5-2)15-11-9-14(3)10-12-15/h7-13H,4-6H2,1-3H3/b8-7-,16-13+. The zero-order valence-corrected chi connectivity index (χ0v) is 11.9. The minimum Gasteiger partial charge on any atom is -0.134 e. The van der Waals surface area contributed by atoms with Gasteiger partial charge in [0.05, 0.1) is 0 Å². The molecule has 0 bridgehead atoms. The van der Waals surface area contributed by atoms with E-state index in [2.05, 4.69) is 62.6 Å². The van der Waals surface area contributed by atoms with Crippen molar-refractivity contribution in [3.63, 3.8) is 0 Å². The molecule has 0 aromatic heterocycles. The fourth-order valence-corrected chi connectivity index (χ4v) is 2.06.